The highest BCUT2D eigenvalue weighted by atomic mass is 16.3. The molecule has 1 saturated heterocycles. The number of benzene rings is 1. The molecule has 0 unspecified atom stereocenters. The first-order chi connectivity index (χ1) is 12.2. The minimum atomic E-state index is 0.153. The molecule has 1 aliphatic heterocycles. The molecule has 128 valence electrons. The van der Waals surface area contributed by atoms with Crippen molar-refractivity contribution < 1.29 is 9.21 Å². The Bertz CT molecular complexity index is 883. The summed E-state index contributed by atoms with van der Waals surface area (Å²) < 4.78 is 5.48. The largest absolute Gasteiger partial charge is 0.441 e. The summed E-state index contributed by atoms with van der Waals surface area (Å²) in [6, 6.07) is 11.7. The number of piperazine rings is 1. The first kappa shape index (κ1) is 15.6. The van der Waals surface area contributed by atoms with Gasteiger partial charge in [0, 0.05) is 39.3 Å². The lowest BCUT2D eigenvalue weighted by Gasteiger charge is -2.35. The molecule has 0 saturated carbocycles. The lowest BCUT2D eigenvalue weighted by atomic mass is 10.1. The lowest BCUT2D eigenvalue weighted by molar-refractivity contribution is -0.130. The van der Waals surface area contributed by atoms with E-state index in [1.807, 2.05) is 48.2 Å². The van der Waals surface area contributed by atoms with Crippen molar-refractivity contribution in [3.8, 4) is 0 Å². The van der Waals surface area contributed by atoms with Gasteiger partial charge < -0.3 is 14.2 Å². The summed E-state index contributed by atoms with van der Waals surface area (Å²) in [6.45, 7) is 4.89. The second-order valence-corrected chi connectivity index (χ2v) is 6.27. The molecule has 1 aromatic carbocycles. The smallest absolute Gasteiger partial charge is 0.227 e. The van der Waals surface area contributed by atoms with Crippen LogP contribution in [0, 0.1) is 6.92 Å². The molecule has 6 heteroatoms. The normalized spacial score (nSPS) is 14.9. The molecule has 0 aliphatic carbocycles. The van der Waals surface area contributed by atoms with Gasteiger partial charge in [0.15, 0.2) is 11.5 Å². The fourth-order valence-corrected chi connectivity index (χ4v) is 3.21. The van der Waals surface area contributed by atoms with Crippen molar-refractivity contribution in [3.63, 3.8) is 0 Å². The van der Waals surface area contributed by atoms with Crippen LogP contribution >= 0.6 is 0 Å². The summed E-state index contributed by atoms with van der Waals surface area (Å²) in [7, 11) is 0. The van der Waals surface area contributed by atoms with Crippen LogP contribution in [0.5, 0.6) is 0 Å². The van der Waals surface area contributed by atoms with Gasteiger partial charge in [-0.3, -0.25) is 4.79 Å². The van der Waals surface area contributed by atoms with E-state index in [4.69, 9.17) is 4.42 Å². The fourth-order valence-electron chi connectivity index (χ4n) is 3.21. The van der Waals surface area contributed by atoms with Gasteiger partial charge >= 0.3 is 0 Å². The van der Waals surface area contributed by atoms with Crippen LogP contribution in [0.1, 0.15) is 11.5 Å². The molecule has 3 heterocycles. The van der Waals surface area contributed by atoms with E-state index in [2.05, 4.69) is 14.9 Å². The quantitative estimate of drug-likeness (QED) is 0.735. The number of amides is 1. The molecule has 0 bridgehead atoms. The van der Waals surface area contributed by atoms with Crippen molar-refractivity contribution in [2.45, 2.75) is 13.3 Å². The number of rotatable bonds is 3. The molecule has 0 N–H and O–H groups in total. The maximum Gasteiger partial charge on any atom is 0.227 e. The van der Waals surface area contributed by atoms with Gasteiger partial charge in [0.25, 0.3) is 0 Å². The second-order valence-electron chi connectivity index (χ2n) is 6.27. The van der Waals surface area contributed by atoms with Crippen molar-refractivity contribution in [2.24, 2.45) is 0 Å². The second kappa shape index (κ2) is 6.55. The van der Waals surface area contributed by atoms with Gasteiger partial charge in [-0.05, 0) is 29.8 Å². The van der Waals surface area contributed by atoms with Crippen LogP contribution < -0.4 is 4.90 Å². The topological polar surface area (TPSA) is 62.5 Å². The maximum atomic E-state index is 12.6. The van der Waals surface area contributed by atoms with Crippen molar-refractivity contribution in [1.82, 2.24) is 14.9 Å². The molecule has 0 atom stereocenters. The van der Waals surface area contributed by atoms with E-state index in [0.717, 1.165) is 48.7 Å². The first-order valence-electron chi connectivity index (χ1n) is 8.49. The summed E-state index contributed by atoms with van der Waals surface area (Å²) >= 11 is 0. The predicted octanol–water partition coefficient (Wildman–Crippen LogP) is 2.42. The third-order valence-corrected chi connectivity index (χ3v) is 4.52. The van der Waals surface area contributed by atoms with E-state index in [0.29, 0.717) is 12.3 Å². The number of nitrogens with zero attached hydrogens (tertiary/aromatic N) is 4. The lowest BCUT2D eigenvalue weighted by Crippen LogP contribution is -2.49. The van der Waals surface area contributed by atoms with Gasteiger partial charge in [-0.15, -0.1) is 0 Å². The van der Waals surface area contributed by atoms with Crippen LogP contribution in [-0.4, -0.2) is 47.0 Å². The number of anilines is 1. The molecule has 4 rings (SSSR count). The molecule has 2 aromatic heterocycles. The van der Waals surface area contributed by atoms with Crippen LogP contribution in [0.4, 0.5) is 5.82 Å². The number of carbonyl (C=O) groups excluding carboxylic acids is 1. The molecular formula is C19H20N4O2. The van der Waals surface area contributed by atoms with E-state index < -0.39 is 0 Å². The van der Waals surface area contributed by atoms with Crippen molar-refractivity contribution >= 4 is 22.8 Å². The van der Waals surface area contributed by atoms with Crippen LogP contribution in [-0.2, 0) is 11.2 Å². The van der Waals surface area contributed by atoms with E-state index in [1.54, 1.807) is 6.20 Å². The standard InChI is InChI=1S/C19H20N4O2/c1-14-21-16-12-15(5-6-17(16)25-14)13-19(24)23-10-8-22(9-11-23)18-4-2-3-7-20-18/h2-7,12H,8-11,13H2,1H3. The zero-order valence-corrected chi connectivity index (χ0v) is 14.2. The molecule has 3 aromatic rings. The molecule has 1 aliphatic rings. The Kier molecular flexibility index (Phi) is 4.09. The minimum absolute atomic E-state index is 0.153. The molecular weight excluding hydrogens is 316 g/mol. The van der Waals surface area contributed by atoms with Gasteiger partial charge in [0.1, 0.15) is 11.3 Å². The molecule has 0 radical (unpaired) electrons. The summed E-state index contributed by atoms with van der Waals surface area (Å²) in [5.41, 5.74) is 2.54. The predicted molar refractivity (Wildman–Crippen MR) is 95.5 cm³/mol. The SMILES string of the molecule is Cc1nc2cc(CC(=O)N3CCN(c4ccccn4)CC3)ccc2o1. The average Bonchev–Trinajstić information content (AvgIpc) is 3.02. The Hall–Kier alpha value is -2.89. The molecule has 6 nitrogen and oxygen atoms in total. The molecule has 0 spiro atoms. The van der Waals surface area contributed by atoms with Gasteiger partial charge in [-0.1, -0.05) is 12.1 Å². The van der Waals surface area contributed by atoms with Crippen molar-refractivity contribution in [2.75, 3.05) is 31.1 Å². The third-order valence-electron chi connectivity index (χ3n) is 4.52. The number of aromatic nitrogens is 2. The van der Waals surface area contributed by atoms with Crippen molar-refractivity contribution in [1.29, 1.82) is 0 Å². The zero-order chi connectivity index (χ0) is 17.2. The number of pyridine rings is 1. The fraction of sp³-hybridized carbons (Fsp3) is 0.316. The summed E-state index contributed by atoms with van der Waals surface area (Å²) in [4.78, 5) is 25.5. The van der Waals surface area contributed by atoms with E-state index in [1.165, 1.54) is 0 Å². The van der Waals surface area contributed by atoms with Crippen LogP contribution in [0.2, 0.25) is 0 Å². The Morgan fingerprint density at radius 2 is 2.00 bits per heavy atom. The van der Waals surface area contributed by atoms with E-state index in [-0.39, 0.29) is 5.91 Å². The number of aryl methyl sites for hydroxylation is 1. The monoisotopic (exact) mass is 336 g/mol. The van der Waals surface area contributed by atoms with Crippen LogP contribution in [0.3, 0.4) is 0 Å². The molecule has 1 amide bonds. The maximum absolute atomic E-state index is 12.6. The number of hydrogen-bond donors (Lipinski definition) is 0. The third kappa shape index (κ3) is 3.33. The average molecular weight is 336 g/mol. The number of hydrogen-bond acceptors (Lipinski definition) is 5. The van der Waals surface area contributed by atoms with Crippen LogP contribution in [0.25, 0.3) is 11.1 Å². The Balaban J connectivity index is 1.38. The highest BCUT2D eigenvalue weighted by Crippen LogP contribution is 2.18. The molecule has 25 heavy (non-hydrogen) atoms. The Morgan fingerprint density at radius 3 is 2.76 bits per heavy atom. The summed E-state index contributed by atoms with van der Waals surface area (Å²) in [6.07, 6.45) is 2.19. The van der Waals surface area contributed by atoms with Crippen molar-refractivity contribution in [3.05, 3.63) is 54.0 Å². The number of oxazole rings is 1. The first-order valence-corrected chi connectivity index (χ1v) is 8.49. The van der Waals surface area contributed by atoms with Gasteiger partial charge in [0.2, 0.25) is 5.91 Å². The number of fused-ring (bicyclic) bond motifs is 1. The molecule has 1 fully saturated rings. The summed E-state index contributed by atoms with van der Waals surface area (Å²) in [5.74, 6) is 1.77. The zero-order valence-electron chi connectivity index (χ0n) is 14.2. The van der Waals surface area contributed by atoms with Gasteiger partial charge in [-0.25, -0.2) is 9.97 Å². The minimum Gasteiger partial charge on any atom is -0.441 e. The summed E-state index contributed by atoms with van der Waals surface area (Å²) in [5, 5.41) is 0. The highest BCUT2D eigenvalue weighted by molar-refractivity contribution is 5.81. The van der Waals surface area contributed by atoms with Gasteiger partial charge in [-0.2, -0.15) is 0 Å². The van der Waals surface area contributed by atoms with E-state index >= 15 is 0 Å². The Labute approximate surface area is 146 Å². The number of carbonyl (C=O) groups is 1. The highest BCUT2D eigenvalue weighted by Gasteiger charge is 2.22. The van der Waals surface area contributed by atoms with Crippen LogP contribution in [0.15, 0.2) is 47.0 Å². The Morgan fingerprint density at radius 1 is 1.16 bits per heavy atom. The van der Waals surface area contributed by atoms with E-state index in [9.17, 15) is 4.79 Å². The van der Waals surface area contributed by atoms with Gasteiger partial charge in [0.05, 0.1) is 6.42 Å².